The zero-order chi connectivity index (χ0) is 11.1. The number of aliphatic hydroxyl groups is 1. The summed E-state index contributed by atoms with van der Waals surface area (Å²) < 4.78 is 0. The second-order valence-electron chi connectivity index (χ2n) is 6.75. The maximum Gasteiger partial charge on any atom is 0.0600 e. The van der Waals surface area contributed by atoms with Gasteiger partial charge in [0, 0.05) is 0 Å². The minimum absolute atomic E-state index is 0.0319. The minimum atomic E-state index is -1.17. The summed E-state index contributed by atoms with van der Waals surface area (Å²) in [7, 11) is -1.17. The van der Waals surface area contributed by atoms with Crippen LogP contribution in [-0.4, -0.2) is 19.3 Å². The molecule has 0 saturated heterocycles. The Balaban J connectivity index is 2.03. The van der Waals surface area contributed by atoms with E-state index in [1.54, 1.807) is 0 Å². The zero-order valence-corrected chi connectivity index (χ0v) is 11.6. The van der Waals surface area contributed by atoms with Crippen LogP contribution in [0.15, 0.2) is 0 Å². The molecule has 1 N–H and O–H groups in total. The second-order valence-corrected chi connectivity index (χ2v) is 12.2. The third kappa shape index (κ3) is 2.03. The number of hydrogen-bond acceptors (Lipinski definition) is 1. The van der Waals surface area contributed by atoms with Crippen LogP contribution in [0.3, 0.4) is 0 Å². The van der Waals surface area contributed by atoms with E-state index in [2.05, 4.69) is 19.6 Å². The van der Waals surface area contributed by atoms with Gasteiger partial charge in [-0.25, -0.2) is 0 Å². The standard InChI is InChI=1S/C13H26OSi/c1-15(2,3)13(9-10-13)12(14)11-7-5-4-6-8-11/h11-12,14H,4-10H2,1-3H3/t12-/m1/s1. The first kappa shape index (κ1) is 11.7. The molecular weight excluding hydrogens is 200 g/mol. The molecule has 0 unspecified atom stereocenters. The largest absolute Gasteiger partial charge is 0.393 e. The van der Waals surface area contributed by atoms with E-state index >= 15 is 0 Å². The highest BCUT2D eigenvalue weighted by molar-refractivity contribution is 6.80. The third-order valence-corrected chi connectivity index (χ3v) is 8.73. The lowest BCUT2D eigenvalue weighted by Crippen LogP contribution is -2.42. The molecule has 0 aliphatic heterocycles. The van der Waals surface area contributed by atoms with Gasteiger partial charge in [-0.05, 0) is 36.6 Å². The quantitative estimate of drug-likeness (QED) is 0.726. The van der Waals surface area contributed by atoms with Crippen LogP contribution >= 0.6 is 0 Å². The first-order valence-corrected chi connectivity index (χ1v) is 10.2. The molecule has 1 atom stereocenters. The van der Waals surface area contributed by atoms with Crippen molar-refractivity contribution in [2.75, 3.05) is 0 Å². The van der Waals surface area contributed by atoms with Gasteiger partial charge in [-0.3, -0.25) is 0 Å². The maximum atomic E-state index is 10.6. The first-order valence-electron chi connectivity index (χ1n) is 6.65. The molecule has 0 bridgehead atoms. The van der Waals surface area contributed by atoms with Gasteiger partial charge < -0.3 is 5.11 Å². The van der Waals surface area contributed by atoms with Crippen LogP contribution in [0.25, 0.3) is 0 Å². The van der Waals surface area contributed by atoms with E-state index in [-0.39, 0.29) is 6.10 Å². The van der Waals surface area contributed by atoms with Crippen LogP contribution < -0.4 is 0 Å². The topological polar surface area (TPSA) is 20.2 Å². The first-order chi connectivity index (χ1) is 6.97. The van der Waals surface area contributed by atoms with Gasteiger partial charge in [0.25, 0.3) is 0 Å². The van der Waals surface area contributed by atoms with Gasteiger partial charge in [0.2, 0.25) is 0 Å². The molecule has 2 fully saturated rings. The molecule has 0 amide bonds. The van der Waals surface area contributed by atoms with E-state index in [0.717, 1.165) is 0 Å². The van der Waals surface area contributed by atoms with Crippen LogP contribution in [0.2, 0.25) is 24.7 Å². The van der Waals surface area contributed by atoms with Crippen LogP contribution in [-0.2, 0) is 0 Å². The predicted octanol–water partition coefficient (Wildman–Crippen LogP) is 3.80. The Morgan fingerprint density at radius 2 is 1.60 bits per heavy atom. The molecule has 0 radical (unpaired) electrons. The van der Waals surface area contributed by atoms with E-state index in [0.29, 0.717) is 11.0 Å². The summed E-state index contributed by atoms with van der Waals surface area (Å²) >= 11 is 0. The van der Waals surface area contributed by atoms with Crippen molar-refractivity contribution >= 4 is 8.07 Å². The molecule has 15 heavy (non-hydrogen) atoms. The highest BCUT2D eigenvalue weighted by Crippen LogP contribution is 2.65. The Bertz CT molecular complexity index is 221. The highest BCUT2D eigenvalue weighted by atomic mass is 28.3. The molecule has 2 heteroatoms. The van der Waals surface area contributed by atoms with Crippen molar-refractivity contribution in [3.8, 4) is 0 Å². The van der Waals surface area contributed by atoms with Crippen molar-refractivity contribution in [2.24, 2.45) is 5.92 Å². The molecule has 0 aromatic carbocycles. The van der Waals surface area contributed by atoms with Gasteiger partial charge in [0.1, 0.15) is 0 Å². The predicted molar refractivity (Wildman–Crippen MR) is 67.9 cm³/mol. The Labute approximate surface area is 95.3 Å². The van der Waals surface area contributed by atoms with E-state index in [9.17, 15) is 5.11 Å². The molecular formula is C13H26OSi. The fourth-order valence-electron chi connectivity index (χ4n) is 3.53. The molecule has 1 nitrogen and oxygen atoms in total. The van der Waals surface area contributed by atoms with Gasteiger partial charge >= 0.3 is 0 Å². The molecule has 2 saturated carbocycles. The Morgan fingerprint density at radius 3 is 2.00 bits per heavy atom. The maximum absolute atomic E-state index is 10.6. The van der Waals surface area contributed by atoms with E-state index in [1.165, 1.54) is 44.9 Å². The number of rotatable bonds is 3. The molecule has 88 valence electrons. The number of hydrogen-bond donors (Lipinski definition) is 1. The Hall–Kier alpha value is 0.177. The lowest BCUT2D eigenvalue weighted by molar-refractivity contribution is 0.0689. The van der Waals surface area contributed by atoms with E-state index in [4.69, 9.17) is 0 Å². The monoisotopic (exact) mass is 226 g/mol. The van der Waals surface area contributed by atoms with Gasteiger partial charge in [-0.15, -0.1) is 0 Å². The molecule has 2 aliphatic carbocycles. The molecule has 2 aliphatic rings. The molecule has 0 aromatic heterocycles. The summed E-state index contributed by atoms with van der Waals surface area (Å²) in [6.45, 7) is 7.31. The van der Waals surface area contributed by atoms with Crippen molar-refractivity contribution in [3.63, 3.8) is 0 Å². The lowest BCUT2D eigenvalue weighted by atomic mass is 9.83. The van der Waals surface area contributed by atoms with E-state index < -0.39 is 8.07 Å². The summed E-state index contributed by atoms with van der Waals surface area (Å²) in [5.41, 5.74) is 0. The SMILES string of the molecule is C[Si](C)(C)C1([C@H](O)C2CCCCC2)CC1. The fourth-order valence-corrected chi connectivity index (χ4v) is 6.27. The molecule has 0 heterocycles. The Morgan fingerprint density at radius 1 is 1.07 bits per heavy atom. The van der Waals surface area contributed by atoms with Gasteiger partial charge in [-0.1, -0.05) is 38.9 Å². The summed E-state index contributed by atoms with van der Waals surface area (Å²) in [6.07, 6.45) is 9.31. The number of aliphatic hydroxyl groups excluding tert-OH is 1. The normalized spacial score (nSPS) is 28.8. The van der Waals surface area contributed by atoms with Gasteiger partial charge in [0.05, 0.1) is 14.2 Å². The van der Waals surface area contributed by atoms with Crippen LogP contribution in [0.5, 0.6) is 0 Å². The van der Waals surface area contributed by atoms with Crippen molar-refractivity contribution in [2.45, 2.75) is 75.7 Å². The summed E-state index contributed by atoms with van der Waals surface area (Å²) in [5.74, 6) is 0.632. The van der Waals surface area contributed by atoms with Crippen molar-refractivity contribution in [3.05, 3.63) is 0 Å². The Kier molecular flexibility index (Phi) is 3.02. The summed E-state index contributed by atoms with van der Waals surface area (Å²) in [4.78, 5) is 0. The summed E-state index contributed by atoms with van der Waals surface area (Å²) in [5, 5.41) is 11.0. The second kappa shape index (κ2) is 3.88. The fraction of sp³-hybridized carbons (Fsp3) is 1.00. The van der Waals surface area contributed by atoms with Crippen molar-refractivity contribution < 1.29 is 5.11 Å². The van der Waals surface area contributed by atoms with Crippen LogP contribution in [0.4, 0.5) is 0 Å². The van der Waals surface area contributed by atoms with E-state index in [1.807, 2.05) is 0 Å². The minimum Gasteiger partial charge on any atom is -0.393 e. The summed E-state index contributed by atoms with van der Waals surface area (Å²) in [6, 6.07) is 0. The molecule has 0 spiro atoms. The lowest BCUT2D eigenvalue weighted by Gasteiger charge is -2.39. The smallest absolute Gasteiger partial charge is 0.0600 e. The zero-order valence-electron chi connectivity index (χ0n) is 10.6. The molecule has 0 aromatic rings. The third-order valence-electron chi connectivity index (χ3n) is 4.94. The van der Waals surface area contributed by atoms with Crippen LogP contribution in [0, 0.1) is 5.92 Å². The van der Waals surface area contributed by atoms with Gasteiger partial charge in [0.15, 0.2) is 0 Å². The average Bonchev–Trinajstić information content (AvgIpc) is 2.98. The van der Waals surface area contributed by atoms with Crippen LogP contribution in [0.1, 0.15) is 44.9 Å². The molecule has 2 rings (SSSR count). The van der Waals surface area contributed by atoms with Crippen molar-refractivity contribution in [1.82, 2.24) is 0 Å². The van der Waals surface area contributed by atoms with Crippen molar-refractivity contribution in [1.29, 1.82) is 0 Å². The average molecular weight is 226 g/mol. The van der Waals surface area contributed by atoms with Gasteiger partial charge in [-0.2, -0.15) is 0 Å². The highest BCUT2D eigenvalue weighted by Gasteiger charge is 2.58.